The minimum Gasteiger partial charge on any atom is -0.298 e. The highest BCUT2D eigenvalue weighted by atomic mass is 35.5. The minimum atomic E-state index is -0.0441. The van der Waals surface area contributed by atoms with Gasteiger partial charge in [-0.2, -0.15) is 0 Å². The average Bonchev–Trinajstić information content (AvgIpc) is 2.09. The first-order chi connectivity index (χ1) is 6.15. The van der Waals surface area contributed by atoms with Gasteiger partial charge in [0, 0.05) is 5.02 Å². The first kappa shape index (κ1) is 10.6. The van der Waals surface area contributed by atoms with Crippen molar-refractivity contribution in [2.45, 2.75) is 0 Å². The lowest BCUT2D eigenvalue weighted by atomic mass is 10.1. The fourth-order valence-electron chi connectivity index (χ4n) is 0.851. The summed E-state index contributed by atoms with van der Waals surface area (Å²) in [7, 11) is 0. The number of carbonyl (C=O) groups excluding carboxylic acids is 1. The van der Waals surface area contributed by atoms with E-state index in [1.54, 1.807) is 24.3 Å². The van der Waals surface area contributed by atoms with Crippen LogP contribution in [0.3, 0.4) is 0 Å². The zero-order valence-corrected chi connectivity index (χ0v) is 8.70. The third-order valence-corrected chi connectivity index (χ3v) is 2.14. The van der Waals surface area contributed by atoms with E-state index in [1.807, 2.05) is 0 Å². The van der Waals surface area contributed by atoms with Crippen molar-refractivity contribution >= 4 is 46.7 Å². The van der Waals surface area contributed by atoms with Gasteiger partial charge >= 0.3 is 0 Å². The van der Waals surface area contributed by atoms with Gasteiger partial charge in [0.2, 0.25) is 0 Å². The largest absolute Gasteiger partial charge is 0.298 e. The van der Waals surface area contributed by atoms with Crippen LogP contribution in [0.15, 0.2) is 28.8 Å². The Bertz CT molecular complexity index is 336. The number of allylic oxidation sites excluding steroid dienone is 1. The van der Waals surface area contributed by atoms with Crippen LogP contribution in [0.25, 0.3) is 5.57 Å². The van der Waals surface area contributed by atoms with Crippen molar-refractivity contribution in [3.8, 4) is 0 Å². The van der Waals surface area contributed by atoms with E-state index in [0.717, 1.165) is 0 Å². The molecule has 0 fully saturated rings. The monoisotopic (exact) mass is 234 g/mol. The summed E-state index contributed by atoms with van der Waals surface area (Å²) in [6, 6.07) is 6.68. The number of aldehydes is 1. The van der Waals surface area contributed by atoms with Crippen molar-refractivity contribution in [1.29, 1.82) is 0 Å². The Labute approximate surface area is 90.9 Å². The van der Waals surface area contributed by atoms with Gasteiger partial charge in [-0.1, -0.05) is 46.9 Å². The van der Waals surface area contributed by atoms with Crippen LogP contribution in [-0.4, -0.2) is 6.29 Å². The van der Waals surface area contributed by atoms with Gasteiger partial charge in [0.05, 0.1) is 5.57 Å². The van der Waals surface area contributed by atoms with Gasteiger partial charge in [-0.3, -0.25) is 4.79 Å². The van der Waals surface area contributed by atoms with E-state index in [2.05, 4.69) is 0 Å². The van der Waals surface area contributed by atoms with Crippen LogP contribution in [0.4, 0.5) is 0 Å². The molecule has 0 saturated carbocycles. The van der Waals surface area contributed by atoms with Gasteiger partial charge < -0.3 is 0 Å². The molecule has 0 aliphatic rings. The molecule has 1 aromatic rings. The Balaban J connectivity index is 3.15. The third kappa shape index (κ3) is 2.73. The number of hydrogen-bond donors (Lipinski definition) is 0. The van der Waals surface area contributed by atoms with Gasteiger partial charge in [0.15, 0.2) is 6.29 Å². The molecule has 0 bridgehead atoms. The Morgan fingerprint density at radius 1 is 1.15 bits per heavy atom. The number of hydrogen-bond acceptors (Lipinski definition) is 1. The van der Waals surface area contributed by atoms with E-state index in [9.17, 15) is 4.79 Å². The second-order valence-corrected chi connectivity index (χ2v) is 3.68. The maximum atomic E-state index is 10.6. The summed E-state index contributed by atoms with van der Waals surface area (Å²) in [6.07, 6.45) is 0.610. The fraction of sp³-hybridized carbons (Fsp3) is 0. The molecule has 1 rings (SSSR count). The summed E-state index contributed by atoms with van der Waals surface area (Å²) in [5.41, 5.74) is 0.916. The minimum absolute atomic E-state index is 0.0441. The van der Waals surface area contributed by atoms with Crippen LogP contribution in [0.1, 0.15) is 5.56 Å². The Hall–Kier alpha value is -0.500. The summed E-state index contributed by atoms with van der Waals surface area (Å²) >= 11 is 16.7. The van der Waals surface area contributed by atoms with Crippen molar-refractivity contribution in [3.05, 3.63) is 39.3 Å². The number of benzene rings is 1. The summed E-state index contributed by atoms with van der Waals surface area (Å²) in [4.78, 5) is 10.6. The van der Waals surface area contributed by atoms with Crippen LogP contribution < -0.4 is 0 Å². The molecule has 1 nitrogen and oxygen atoms in total. The second-order valence-electron chi connectivity index (χ2n) is 2.30. The maximum Gasteiger partial charge on any atom is 0.153 e. The molecule has 1 aromatic carbocycles. The molecule has 13 heavy (non-hydrogen) atoms. The molecule has 0 aromatic heterocycles. The normalized spacial score (nSPS) is 9.46. The van der Waals surface area contributed by atoms with Gasteiger partial charge in [-0.15, -0.1) is 0 Å². The maximum absolute atomic E-state index is 10.6. The van der Waals surface area contributed by atoms with Crippen LogP contribution in [0, 0.1) is 0 Å². The van der Waals surface area contributed by atoms with Crippen molar-refractivity contribution in [1.82, 2.24) is 0 Å². The topological polar surface area (TPSA) is 17.1 Å². The SMILES string of the molecule is O=CC(=C(Cl)Cl)c1ccc(Cl)cc1. The zero-order valence-electron chi connectivity index (χ0n) is 6.43. The van der Waals surface area contributed by atoms with Crippen LogP contribution in [-0.2, 0) is 4.79 Å². The highest BCUT2D eigenvalue weighted by Gasteiger charge is 2.04. The van der Waals surface area contributed by atoms with Crippen LogP contribution in [0.5, 0.6) is 0 Å². The third-order valence-electron chi connectivity index (χ3n) is 1.48. The molecule has 0 spiro atoms. The number of rotatable bonds is 2. The second kappa shape index (κ2) is 4.66. The lowest BCUT2D eigenvalue weighted by Gasteiger charge is -1.99. The van der Waals surface area contributed by atoms with Crippen molar-refractivity contribution in [2.24, 2.45) is 0 Å². The molecule has 0 saturated heterocycles. The summed E-state index contributed by atoms with van der Waals surface area (Å²) in [5, 5.41) is 0.597. The summed E-state index contributed by atoms with van der Waals surface area (Å²) in [5.74, 6) is 0. The fourth-order valence-corrected chi connectivity index (χ4v) is 1.28. The predicted octanol–water partition coefficient (Wildman–Crippen LogP) is 3.69. The molecule has 0 amide bonds. The molecule has 0 radical (unpaired) electrons. The van der Waals surface area contributed by atoms with E-state index in [1.165, 1.54) is 0 Å². The smallest absolute Gasteiger partial charge is 0.153 e. The molecule has 0 aliphatic carbocycles. The molecular weight excluding hydrogens is 230 g/mol. The first-order valence-corrected chi connectivity index (χ1v) is 4.55. The Kier molecular flexibility index (Phi) is 3.79. The Morgan fingerprint density at radius 2 is 1.69 bits per heavy atom. The highest BCUT2D eigenvalue weighted by Crippen LogP contribution is 2.23. The zero-order chi connectivity index (χ0) is 9.84. The van der Waals surface area contributed by atoms with Gasteiger partial charge in [-0.25, -0.2) is 0 Å². The lowest BCUT2D eigenvalue weighted by Crippen LogP contribution is -1.85. The van der Waals surface area contributed by atoms with E-state index in [4.69, 9.17) is 34.8 Å². The quantitative estimate of drug-likeness (QED) is 0.564. The van der Waals surface area contributed by atoms with Gasteiger partial charge in [0.1, 0.15) is 4.49 Å². The van der Waals surface area contributed by atoms with Gasteiger partial charge in [-0.05, 0) is 17.7 Å². The van der Waals surface area contributed by atoms with E-state index >= 15 is 0 Å². The molecule has 0 heterocycles. The van der Waals surface area contributed by atoms with E-state index < -0.39 is 0 Å². The highest BCUT2D eigenvalue weighted by molar-refractivity contribution is 6.60. The number of carbonyl (C=O) groups is 1. The molecule has 0 unspecified atom stereocenters. The standard InChI is InChI=1S/C9H5Cl3O/c10-7-3-1-6(2-4-7)8(5-13)9(11)12/h1-5H. The van der Waals surface area contributed by atoms with Gasteiger partial charge in [0.25, 0.3) is 0 Å². The average molecular weight is 235 g/mol. The molecule has 4 heteroatoms. The van der Waals surface area contributed by atoms with E-state index in [-0.39, 0.29) is 10.1 Å². The summed E-state index contributed by atoms with van der Waals surface area (Å²) in [6.45, 7) is 0. The predicted molar refractivity (Wildman–Crippen MR) is 56.1 cm³/mol. The van der Waals surface area contributed by atoms with Crippen molar-refractivity contribution in [2.75, 3.05) is 0 Å². The van der Waals surface area contributed by atoms with Crippen molar-refractivity contribution < 1.29 is 4.79 Å². The molecule has 68 valence electrons. The van der Waals surface area contributed by atoms with Crippen molar-refractivity contribution in [3.63, 3.8) is 0 Å². The van der Waals surface area contributed by atoms with Crippen LogP contribution in [0.2, 0.25) is 5.02 Å². The first-order valence-electron chi connectivity index (χ1n) is 3.41. The molecule has 0 atom stereocenters. The molecule has 0 aliphatic heterocycles. The molecule has 0 N–H and O–H groups in total. The number of halogens is 3. The van der Waals surface area contributed by atoms with Crippen LogP contribution >= 0.6 is 34.8 Å². The van der Waals surface area contributed by atoms with E-state index in [0.29, 0.717) is 16.9 Å². The Morgan fingerprint density at radius 3 is 2.08 bits per heavy atom. The molecular formula is C9H5Cl3O. The lowest BCUT2D eigenvalue weighted by molar-refractivity contribution is -0.103. The summed E-state index contributed by atoms with van der Waals surface area (Å²) < 4.78 is -0.0441.